The van der Waals surface area contributed by atoms with Crippen molar-refractivity contribution < 1.29 is 9.59 Å². The number of hydrogen-bond acceptors (Lipinski definition) is 4. The van der Waals surface area contributed by atoms with Gasteiger partial charge in [0.05, 0.1) is 10.3 Å². The van der Waals surface area contributed by atoms with E-state index in [4.69, 9.17) is 5.26 Å². The van der Waals surface area contributed by atoms with Crippen LogP contribution >= 0.6 is 11.8 Å². The van der Waals surface area contributed by atoms with Crippen LogP contribution in [0.25, 0.3) is 0 Å². The van der Waals surface area contributed by atoms with Gasteiger partial charge in [-0.05, 0) is 30.9 Å². The minimum atomic E-state index is -0.326. The quantitative estimate of drug-likeness (QED) is 0.684. The second-order valence-electron chi connectivity index (χ2n) is 4.84. The van der Waals surface area contributed by atoms with Crippen molar-refractivity contribution in [2.24, 2.45) is 0 Å². The van der Waals surface area contributed by atoms with Crippen LogP contribution in [0.2, 0.25) is 0 Å². The first-order valence-corrected chi connectivity index (χ1v) is 7.63. The maximum Gasteiger partial charge on any atom is 0.238 e. The molecule has 4 nitrogen and oxygen atoms in total. The van der Waals surface area contributed by atoms with Gasteiger partial charge in [-0.15, -0.1) is 0 Å². The molecule has 0 bridgehead atoms. The fourth-order valence-electron chi connectivity index (χ4n) is 2.09. The molecule has 1 atom stereocenters. The Hall–Kier alpha value is -2.06. The Morgan fingerprint density at radius 2 is 1.95 bits per heavy atom. The van der Waals surface area contributed by atoms with Crippen LogP contribution in [0.15, 0.2) is 34.9 Å². The van der Waals surface area contributed by atoms with Gasteiger partial charge in [0, 0.05) is 0 Å². The number of benzene rings is 1. The zero-order valence-corrected chi connectivity index (χ0v) is 12.8. The van der Waals surface area contributed by atoms with E-state index in [1.807, 2.05) is 18.2 Å². The third-order valence-electron chi connectivity index (χ3n) is 3.33. The Morgan fingerprint density at radius 1 is 1.33 bits per heavy atom. The summed E-state index contributed by atoms with van der Waals surface area (Å²) >= 11 is 1.26. The molecule has 1 fully saturated rings. The molecule has 21 heavy (non-hydrogen) atoms. The topological polar surface area (TPSA) is 70.0 Å². The molecule has 0 unspecified atom stereocenters. The fourth-order valence-corrected chi connectivity index (χ4v) is 3.28. The van der Waals surface area contributed by atoms with E-state index in [0.717, 1.165) is 12.0 Å². The Kier molecular flexibility index (Phi) is 4.81. The predicted molar refractivity (Wildman–Crippen MR) is 82.4 cm³/mol. The first-order valence-electron chi connectivity index (χ1n) is 6.75. The van der Waals surface area contributed by atoms with Gasteiger partial charge in [-0.2, -0.15) is 5.26 Å². The van der Waals surface area contributed by atoms with Crippen molar-refractivity contribution in [3.8, 4) is 6.07 Å². The molecule has 1 heterocycles. The van der Waals surface area contributed by atoms with E-state index < -0.39 is 0 Å². The van der Waals surface area contributed by atoms with Gasteiger partial charge in [0.25, 0.3) is 0 Å². The smallest absolute Gasteiger partial charge is 0.238 e. The monoisotopic (exact) mass is 300 g/mol. The number of carbonyl (C=O) groups is 2. The molecule has 0 aliphatic carbocycles. The highest BCUT2D eigenvalue weighted by Gasteiger charge is 2.32. The van der Waals surface area contributed by atoms with Crippen molar-refractivity contribution >= 4 is 23.5 Å². The summed E-state index contributed by atoms with van der Waals surface area (Å²) < 4.78 is 0. The number of aryl methyl sites for hydroxylation is 1. The number of carbonyl (C=O) groups excluding carboxylic acids is 2. The molecule has 1 N–H and O–H groups in total. The Labute approximate surface area is 128 Å². The van der Waals surface area contributed by atoms with Gasteiger partial charge >= 0.3 is 0 Å². The fraction of sp³-hybridized carbons (Fsp3) is 0.312. The number of ketones is 1. The highest BCUT2D eigenvalue weighted by atomic mass is 32.2. The third-order valence-corrected chi connectivity index (χ3v) is 4.54. The molecule has 1 aromatic carbocycles. The molecule has 5 heteroatoms. The van der Waals surface area contributed by atoms with Crippen LogP contribution in [-0.2, 0) is 22.4 Å². The number of Topliss-reactive ketones (excluding diaryl/α,β-unsaturated/α-hetero) is 1. The van der Waals surface area contributed by atoms with Gasteiger partial charge in [0.2, 0.25) is 5.91 Å². The van der Waals surface area contributed by atoms with Crippen LogP contribution in [0, 0.1) is 11.3 Å². The second-order valence-corrected chi connectivity index (χ2v) is 6.06. The Morgan fingerprint density at radius 3 is 2.48 bits per heavy atom. The number of nitrogens with one attached hydrogen (secondary N) is 1. The van der Waals surface area contributed by atoms with Gasteiger partial charge in [0.15, 0.2) is 5.78 Å². The maximum atomic E-state index is 12.0. The molecule has 0 spiro atoms. The zero-order valence-electron chi connectivity index (χ0n) is 12.0. The van der Waals surface area contributed by atoms with Crippen LogP contribution in [0.4, 0.5) is 0 Å². The van der Waals surface area contributed by atoms with Gasteiger partial charge in [-0.25, -0.2) is 0 Å². The lowest BCUT2D eigenvalue weighted by molar-refractivity contribution is -0.119. The zero-order chi connectivity index (χ0) is 15.4. The number of allylic oxidation sites excluding steroid dienone is 1. The van der Waals surface area contributed by atoms with E-state index >= 15 is 0 Å². The number of nitrogens with zero attached hydrogens (tertiary/aromatic N) is 1. The molecule has 0 radical (unpaired) electrons. The lowest BCUT2D eigenvalue weighted by atomic mass is 10.1. The van der Waals surface area contributed by atoms with E-state index in [9.17, 15) is 9.59 Å². The molecule has 108 valence electrons. The van der Waals surface area contributed by atoms with Crippen LogP contribution < -0.4 is 5.32 Å². The highest BCUT2D eigenvalue weighted by molar-refractivity contribution is 8.04. The lowest BCUT2D eigenvalue weighted by Gasteiger charge is -2.06. The Bertz CT molecular complexity index is 641. The molecule has 1 amide bonds. The summed E-state index contributed by atoms with van der Waals surface area (Å²) in [5.74, 6) is -0.475. The van der Waals surface area contributed by atoms with Gasteiger partial charge in [-0.1, -0.05) is 43.0 Å². The van der Waals surface area contributed by atoms with E-state index in [2.05, 4.69) is 24.4 Å². The molecule has 1 aliphatic heterocycles. The second kappa shape index (κ2) is 6.59. The van der Waals surface area contributed by atoms with Crippen LogP contribution in [0.3, 0.4) is 0 Å². The van der Waals surface area contributed by atoms with E-state index in [1.165, 1.54) is 24.2 Å². The number of rotatable bonds is 4. The number of amides is 1. The third kappa shape index (κ3) is 3.53. The summed E-state index contributed by atoms with van der Waals surface area (Å²) in [7, 11) is 0. The highest BCUT2D eigenvalue weighted by Crippen LogP contribution is 2.31. The van der Waals surface area contributed by atoms with Gasteiger partial charge in [-0.3, -0.25) is 9.59 Å². The summed E-state index contributed by atoms with van der Waals surface area (Å²) in [5, 5.41) is 11.7. The predicted octanol–water partition coefficient (Wildman–Crippen LogP) is 2.35. The first-order chi connectivity index (χ1) is 10.0. The molecule has 0 saturated carbocycles. The van der Waals surface area contributed by atoms with Crippen molar-refractivity contribution in [1.29, 1.82) is 5.26 Å². The number of nitriles is 1. The molecule has 1 saturated heterocycles. The van der Waals surface area contributed by atoms with Crippen molar-refractivity contribution in [2.75, 3.05) is 0 Å². The van der Waals surface area contributed by atoms with Crippen LogP contribution in [0.1, 0.15) is 25.0 Å². The van der Waals surface area contributed by atoms with Gasteiger partial charge in [0.1, 0.15) is 11.6 Å². The van der Waals surface area contributed by atoms with Crippen molar-refractivity contribution in [2.45, 2.75) is 31.9 Å². The summed E-state index contributed by atoms with van der Waals surface area (Å²) in [6, 6.07) is 10.0. The Balaban J connectivity index is 2.13. The first kappa shape index (κ1) is 15.3. The van der Waals surface area contributed by atoms with Crippen molar-refractivity contribution in [1.82, 2.24) is 5.32 Å². The van der Waals surface area contributed by atoms with E-state index in [0.29, 0.717) is 11.4 Å². The lowest BCUT2D eigenvalue weighted by Crippen LogP contribution is -2.24. The normalized spacial score (nSPS) is 19.9. The average molecular weight is 300 g/mol. The number of hydrogen-bond donors (Lipinski definition) is 1. The summed E-state index contributed by atoms with van der Waals surface area (Å²) in [5.41, 5.74) is 2.35. The van der Waals surface area contributed by atoms with Crippen molar-refractivity contribution in [3.63, 3.8) is 0 Å². The molecule has 1 aliphatic rings. The molecule has 1 aromatic rings. The minimum Gasteiger partial charge on any atom is -0.318 e. The molecule has 0 aromatic heterocycles. The van der Waals surface area contributed by atoms with Crippen LogP contribution in [0.5, 0.6) is 0 Å². The minimum absolute atomic E-state index is 0.0252. The molecule has 2 rings (SSSR count). The largest absolute Gasteiger partial charge is 0.318 e. The van der Waals surface area contributed by atoms with E-state index in [1.54, 1.807) is 0 Å². The summed E-state index contributed by atoms with van der Waals surface area (Å²) in [6.45, 7) is 3.42. The van der Waals surface area contributed by atoms with Crippen molar-refractivity contribution in [3.05, 3.63) is 46.0 Å². The average Bonchev–Trinajstić information content (AvgIpc) is 2.81. The maximum absolute atomic E-state index is 12.0. The molecular formula is C16H16N2O2S. The summed E-state index contributed by atoms with van der Waals surface area (Å²) in [4.78, 5) is 23.3. The number of thioether (sulfide) groups is 1. The van der Waals surface area contributed by atoms with E-state index in [-0.39, 0.29) is 22.5 Å². The standard InChI is InChI=1S/C16H16N2O2S/c1-3-11-4-6-12(7-5-11)8-14-15(20)18-16(21-14)13(9-17)10(2)19/h4-7,14H,3,8H2,1-2H3,(H,18,20)/b16-13+/t14-/m0/s1. The SMILES string of the molecule is CCc1ccc(C[C@@H]2S/C(=C(\C#N)C(C)=O)NC2=O)cc1. The molecular weight excluding hydrogens is 284 g/mol. The summed E-state index contributed by atoms with van der Waals surface area (Å²) in [6.07, 6.45) is 1.57. The van der Waals surface area contributed by atoms with Crippen LogP contribution in [-0.4, -0.2) is 16.9 Å². The van der Waals surface area contributed by atoms with Gasteiger partial charge < -0.3 is 5.32 Å².